The molecule has 1 aromatic carbocycles. The molecule has 1 aliphatic heterocycles. The van der Waals surface area contributed by atoms with Gasteiger partial charge in [-0.25, -0.2) is 4.79 Å². The van der Waals surface area contributed by atoms with Gasteiger partial charge in [0.2, 0.25) is 0 Å². The first-order chi connectivity index (χ1) is 11.3. The number of nitrogens with one attached hydrogen (secondary N) is 2. The second-order valence-electron chi connectivity index (χ2n) is 5.64. The number of benzene rings is 1. The highest BCUT2D eigenvalue weighted by Crippen LogP contribution is 2.35. The molecule has 0 unspecified atom stereocenters. The maximum Gasteiger partial charge on any atom is 0.338 e. The van der Waals surface area contributed by atoms with E-state index in [0.29, 0.717) is 28.7 Å². The van der Waals surface area contributed by atoms with E-state index in [1.807, 2.05) is 45.9 Å². The molecule has 0 aromatic heterocycles. The van der Waals surface area contributed by atoms with E-state index in [4.69, 9.17) is 21.7 Å². The van der Waals surface area contributed by atoms with E-state index in [-0.39, 0.29) is 12.1 Å². The lowest BCUT2D eigenvalue weighted by atomic mass is 9.95. The summed E-state index contributed by atoms with van der Waals surface area (Å²) in [7, 11) is 0. The number of thiocarbonyl (C=S) groups is 1. The zero-order valence-corrected chi connectivity index (χ0v) is 16.5. The average Bonchev–Trinajstić information content (AvgIpc) is 2.47. The van der Waals surface area contributed by atoms with Crippen LogP contribution >= 0.6 is 28.1 Å². The van der Waals surface area contributed by atoms with E-state index in [1.54, 1.807) is 0 Å². The van der Waals surface area contributed by atoms with Crippen LogP contribution < -0.4 is 15.4 Å². The number of hydrogen-bond acceptors (Lipinski definition) is 4. The molecule has 24 heavy (non-hydrogen) atoms. The van der Waals surface area contributed by atoms with Crippen LogP contribution in [0.3, 0.4) is 0 Å². The largest absolute Gasteiger partial charge is 0.494 e. The molecule has 130 valence electrons. The number of halogens is 1. The summed E-state index contributed by atoms with van der Waals surface area (Å²) in [5.74, 6) is 0.322. The van der Waals surface area contributed by atoms with Crippen molar-refractivity contribution in [3.63, 3.8) is 0 Å². The van der Waals surface area contributed by atoms with Crippen LogP contribution in [0.25, 0.3) is 0 Å². The van der Waals surface area contributed by atoms with Crippen molar-refractivity contribution in [2.45, 2.75) is 39.8 Å². The summed E-state index contributed by atoms with van der Waals surface area (Å²) in [6.45, 7) is 7.90. The highest BCUT2D eigenvalue weighted by Gasteiger charge is 2.33. The number of carbonyl (C=O) groups is 1. The predicted molar refractivity (Wildman–Crippen MR) is 101 cm³/mol. The van der Waals surface area contributed by atoms with Crippen LogP contribution in [0.1, 0.15) is 39.3 Å². The van der Waals surface area contributed by atoms with Crippen molar-refractivity contribution in [2.75, 3.05) is 6.61 Å². The van der Waals surface area contributed by atoms with Gasteiger partial charge in [0.15, 0.2) is 5.11 Å². The Morgan fingerprint density at radius 3 is 2.75 bits per heavy atom. The molecule has 0 saturated heterocycles. The highest BCUT2D eigenvalue weighted by atomic mass is 79.9. The first-order valence-corrected chi connectivity index (χ1v) is 8.95. The molecule has 1 aliphatic rings. The second kappa shape index (κ2) is 7.98. The van der Waals surface area contributed by atoms with Gasteiger partial charge in [-0.15, -0.1) is 0 Å². The lowest BCUT2D eigenvalue weighted by Gasteiger charge is -2.31. The molecule has 0 amide bonds. The molecule has 7 heteroatoms. The Bertz CT molecular complexity index is 688. The first kappa shape index (κ1) is 18.7. The third-order valence-electron chi connectivity index (χ3n) is 3.41. The third kappa shape index (κ3) is 4.27. The zero-order valence-electron chi connectivity index (χ0n) is 14.1. The third-order valence-corrected chi connectivity index (χ3v) is 4.13. The molecule has 1 atom stereocenters. The Balaban J connectivity index is 2.53. The SMILES string of the molecule is CCOc1ccc(Br)cc1[C@@H]1NC(=S)NC(C)=C1C(=O)OC(C)C. The lowest BCUT2D eigenvalue weighted by Crippen LogP contribution is -2.45. The van der Waals surface area contributed by atoms with Crippen LogP contribution in [0.2, 0.25) is 0 Å². The second-order valence-corrected chi connectivity index (χ2v) is 6.96. The predicted octanol–water partition coefficient (Wildman–Crippen LogP) is 3.59. The summed E-state index contributed by atoms with van der Waals surface area (Å²) in [6, 6.07) is 5.25. The fourth-order valence-electron chi connectivity index (χ4n) is 2.51. The summed E-state index contributed by atoms with van der Waals surface area (Å²) in [4.78, 5) is 12.6. The minimum atomic E-state index is -0.441. The Hall–Kier alpha value is -1.60. The van der Waals surface area contributed by atoms with Gasteiger partial charge in [0.05, 0.1) is 24.3 Å². The van der Waals surface area contributed by atoms with Crippen molar-refractivity contribution in [2.24, 2.45) is 0 Å². The zero-order chi connectivity index (χ0) is 17.9. The number of ether oxygens (including phenoxy) is 2. The Morgan fingerprint density at radius 1 is 1.42 bits per heavy atom. The van der Waals surface area contributed by atoms with Gasteiger partial charge in [0.25, 0.3) is 0 Å². The van der Waals surface area contributed by atoms with E-state index < -0.39 is 6.04 Å². The Kier molecular flexibility index (Phi) is 6.23. The summed E-state index contributed by atoms with van der Waals surface area (Å²) < 4.78 is 12.0. The number of allylic oxidation sites excluding steroid dienone is 1. The van der Waals surface area contributed by atoms with Gasteiger partial charge in [-0.1, -0.05) is 15.9 Å². The van der Waals surface area contributed by atoms with Gasteiger partial charge in [-0.3, -0.25) is 0 Å². The van der Waals surface area contributed by atoms with Crippen LogP contribution in [0, 0.1) is 0 Å². The monoisotopic (exact) mass is 412 g/mol. The fourth-order valence-corrected chi connectivity index (χ4v) is 3.16. The Morgan fingerprint density at radius 2 is 2.12 bits per heavy atom. The minimum absolute atomic E-state index is 0.207. The molecule has 2 rings (SSSR count). The van der Waals surface area contributed by atoms with Crippen LogP contribution in [-0.2, 0) is 9.53 Å². The van der Waals surface area contributed by atoms with E-state index in [0.717, 1.165) is 10.0 Å². The fraction of sp³-hybridized carbons (Fsp3) is 0.412. The van der Waals surface area contributed by atoms with Crippen LogP contribution in [-0.4, -0.2) is 23.8 Å². The summed E-state index contributed by atoms with van der Waals surface area (Å²) >= 11 is 8.74. The minimum Gasteiger partial charge on any atom is -0.494 e. The maximum absolute atomic E-state index is 12.6. The maximum atomic E-state index is 12.6. The highest BCUT2D eigenvalue weighted by molar-refractivity contribution is 9.10. The van der Waals surface area contributed by atoms with E-state index in [2.05, 4.69) is 26.6 Å². The van der Waals surface area contributed by atoms with E-state index in [1.165, 1.54) is 0 Å². The van der Waals surface area contributed by atoms with Crippen LogP contribution in [0.15, 0.2) is 33.9 Å². The molecule has 5 nitrogen and oxygen atoms in total. The van der Waals surface area contributed by atoms with Gasteiger partial charge in [-0.05, 0) is 58.1 Å². The van der Waals surface area contributed by atoms with Gasteiger partial charge in [-0.2, -0.15) is 0 Å². The van der Waals surface area contributed by atoms with E-state index >= 15 is 0 Å². The lowest BCUT2D eigenvalue weighted by molar-refractivity contribution is -0.143. The number of esters is 1. The topological polar surface area (TPSA) is 59.6 Å². The molecule has 0 aliphatic carbocycles. The van der Waals surface area contributed by atoms with Crippen LogP contribution in [0.4, 0.5) is 0 Å². The van der Waals surface area contributed by atoms with Gasteiger partial charge in [0, 0.05) is 15.7 Å². The van der Waals surface area contributed by atoms with Crippen molar-refractivity contribution in [1.82, 2.24) is 10.6 Å². The van der Waals surface area contributed by atoms with Crippen molar-refractivity contribution < 1.29 is 14.3 Å². The van der Waals surface area contributed by atoms with Gasteiger partial charge in [0.1, 0.15) is 5.75 Å². The summed E-state index contributed by atoms with van der Waals surface area (Å²) in [5.41, 5.74) is 2.00. The molecule has 0 bridgehead atoms. The van der Waals surface area contributed by atoms with Crippen LogP contribution in [0.5, 0.6) is 5.75 Å². The molecular weight excluding hydrogens is 392 g/mol. The molecule has 0 spiro atoms. The normalized spacial score (nSPS) is 17.4. The van der Waals surface area contributed by atoms with Gasteiger partial charge >= 0.3 is 5.97 Å². The number of hydrogen-bond donors (Lipinski definition) is 2. The standard InChI is InChI=1S/C17H21BrN2O3S/c1-5-22-13-7-6-11(18)8-12(13)15-14(16(21)23-9(2)3)10(4)19-17(24)20-15/h6-9,15H,5H2,1-4H3,(H2,19,20,24)/t15-/m0/s1. The van der Waals surface area contributed by atoms with E-state index in [9.17, 15) is 4.79 Å². The molecule has 0 saturated carbocycles. The molecule has 2 N–H and O–H groups in total. The Labute approximate surface area is 155 Å². The molecular formula is C17H21BrN2O3S. The molecule has 1 heterocycles. The number of carbonyl (C=O) groups excluding carboxylic acids is 1. The quantitative estimate of drug-likeness (QED) is 0.569. The van der Waals surface area contributed by atoms with Crippen molar-refractivity contribution in [3.8, 4) is 5.75 Å². The number of rotatable bonds is 5. The van der Waals surface area contributed by atoms with Crippen molar-refractivity contribution >= 4 is 39.2 Å². The summed E-state index contributed by atoms with van der Waals surface area (Å²) in [6.07, 6.45) is -0.207. The van der Waals surface area contributed by atoms with Gasteiger partial charge < -0.3 is 20.1 Å². The van der Waals surface area contributed by atoms with Crippen molar-refractivity contribution in [3.05, 3.63) is 39.5 Å². The first-order valence-electron chi connectivity index (χ1n) is 7.75. The molecule has 1 aromatic rings. The molecule has 0 fully saturated rings. The smallest absolute Gasteiger partial charge is 0.338 e. The van der Waals surface area contributed by atoms with Crippen molar-refractivity contribution in [1.29, 1.82) is 0 Å². The average molecular weight is 413 g/mol. The molecule has 0 radical (unpaired) electrons. The summed E-state index contributed by atoms with van der Waals surface area (Å²) in [5, 5.41) is 6.61.